The first-order valence-corrected chi connectivity index (χ1v) is 5.39. The fraction of sp³-hybridized carbons (Fsp3) is 0.500. The monoisotopic (exact) mass is 229 g/mol. The van der Waals surface area contributed by atoms with Crippen LogP contribution in [0.3, 0.4) is 0 Å². The summed E-state index contributed by atoms with van der Waals surface area (Å²) in [7, 11) is 0. The van der Waals surface area contributed by atoms with Crippen molar-refractivity contribution in [2.75, 3.05) is 0 Å². The lowest BCUT2D eigenvalue weighted by Crippen LogP contribution is -2.14. The molecule has 2 atom stereocenters. The molecule has 0 aromatic heterocycles. The molecule has 16 heavy (non-hydrogen) atoms. The van der Waals surface area contributed by atoms with Gasteiger partial charge >= 0.3 is 6.18 Å². The second-order valence-corrected chi connectivity index (χ2v) is 4.39. The third kappa shape index (κ3) is 2.38. The van der Waals surface area contributed by atoms with Crippen molar-refractivity contribution >= 4 is 0 Å². The van der Waals surface area contributed by atoms with Gasteiger partial charge in [-0.25, -0.2) is 0 Å². The van der Waals surface area contributed by atoms with Crippen LogP contribution in [-0.4, -0.2) is 6.04 Å². The van der Waals surface area contributed by atoms with E-state index in [4.69, 9.17) is 5.73 Å². The summed E-state index contributed by atoms with van der Waals surface area (Å²) in [5, 5.41) is 0. The Bertz CT molecular complexity index is 356. The molecule has 1 aliphatic carbocycles. The van der Waals surface area contributed by atoms with Crippen LogP contribution in [0.2, 0.25) is 0 Å². The molecular formula is C12H14F3N. The Labute approximate surface area is 92.5 Å². The SMILES string of the molecule is NC1CCC(c2ccc(C(F)(F)F)cc2)C1. The molecule has 1 fully saturated rings. The zero-order valence-electron chi connectivity index (χ0n) is 8.80. The number of rotatable bonds is 1. The number of benzene rings is 1. The van der Waals surface area contributed by atoms with Gasteiger partial charge < -0.3 is 5.73 Å². The van der Waals surface area contributed by atoms with Gasteiger partial charge in [0.2, 0.25) is 0 Å². The molecule has 1 saturated carbocycles. The van der Waals surface area contributed by atoms with Crippen LogP contribution in [0, 0.1) is 0 Å². The molecule has 0 saturated heterocycles. The number of alkyl halides is 3. The number of nitrogens with two attached hydrogens (primary N) is 1. The van der Waals surface area contributed by atoms with Crippen LogP contribution >= 0.6 is 0 Å². The van der Waals surface area contributed by atoms with Crippen molar-refractivity contribution in [3.63, 3.8) is 0 Å². The number of hydrogen-bond acceptors (Lipinski definition) is 1. The Hall–Kier alpha value is -1.03. The summed E-state index contributed by atoms with van der Waals surface area (Å²) >= 11 is 0. The van der Waals surface area contributed by atoms with Crippen molar-refractivity contribution in [2.45, 2.75) is 37.4 Å². The maximum Gasteiger partial charge on any atom is 0.416 e. The van der Waals surface area contributed by atoms with Crippen molar-refractivity contribution in [1.82, 2.24) is 0 Å². The fourth-order valence-corrected chi connectivity index (χ4v) is 2.26. The molecule has 88 valence electrons. The van der Waals surface area contributed by atoms with Crippen LogP contribution in [-0.2, 0) is 6.18 Å². The normalized spacial score (nSPS) is 26.0. The van der Waals surface area contributed by atoms with Crippen LogP contribution in [0.5, 0.6) is 0 Å². The average molecular weight is 229 g/mol. The van der Waals surface area contributed by atoms with Gasteiger partial charge in [0.1, 0.15) is 0 Å². The second kappa shape index (κ2) is 4.09. The summed E-state index contributed by atoms with van der Waals surface area (Å²) in [5.74, 6) is 0.331. The average Bonchev–Trinajstić information content (AvgIpc) is 2.64. The van der Waals surface area contributed by atoms with Gasteiger partial charge in [-0.2, -0.15) is 13.2 Å². The lowest BCUT2D eigenvalue weighted by Gasteiger charge is -2.12. The van der Waals surface area contributed by atoms with Crippen LogP contribution in [0.4, 0.5) is 13.2 Å². The molecule has 1 aliphatic rings. The third-order valence-corrected chi connectivity index (χ3v) is 3.18. The van der Waals surface area contributed by atoms with Gasteiger partial charge in [-0.3, -0.25) is 0 Å². The molecule has 2 N–H and O–H groups in total. The molecule has 0 amide bonds. The summed E-state index contributed by atoms with van der Waals surface area (Å²) < 4.78 is 37.0. The summed E-state index contributed by atoms with van der Waals surface area (Å²) in [6.45, 7) is 0. The molecule has 2 unspecified atom stereocenters. The summed E-state index contributed by atoms with van der Waals surface area (Å²) in [4.78, 5) is 0. The first kappa shape index (κ1) is 11.5. The van der Waals surface area contributed by atoms with Gasteiger partial charge in [-0.15, -0.1) is 0 Å². The Morgan fingerprint density at radius 1 is 1.06 bits per heavy atom. The summed E-state index contributed by atoms with van der Waals surface area (Å²) in [6, 6.07) is 5.65. The molecule has 0 bridgehead atoms. The Morgan fingerprint density at radius 2 is 1.69 bits per heavy atom. The molecule has 0 radical (unpaired) electrons. The first-order valence-electron chi connectivity index (χ1n) is 5.39. The summed E-state index contributed by atoms with van der Waals surface area (Å²) in [6.07, 6.45) is -1.42. The van der Waals surface area contributed by atoms with E-state index in [1.54, 1.807) is 12.1 Å². The van der Waals surface area contributed by atoms with E-state index in [0.717, 1.165) is 37.0 Å². The lowest BCUT2D eigenvalue weighted by atomic mass is 9.96. The molecule has 1 aromatic rings. The fourth-order valence-electron chi connectivity index (χ4n) is 2.26. The van der Waals surface area contributed by atoms with Crippen molar-refractivity contribution < 1.29 is 13.2 Å². The zero-order chi connectivity index (χ0) is 11.8. The van der Waals surface area contributed by atoms with E-state index >= 15 is 0 Å². The number of halogens is 3. The minimum Gasteiger partial charge on any atom is -0.328 e. The Balaban J connectivity index is 2.14. The van der Waals surface area contributed by atoms with Crippen molar-refractivity contribution in [1.29, 1.82) is 0 Å². The zero-order valence-corrected chi connectivity index (χ0v) is 8.80. The van der Waals surface area contributed by atoms with Crippen molar-refractivity contribution in [3.05, 3.63) is 35.4 Å². The van der Waals surface area contributed by atoms with E-state index in [9.17, 15) is 13.2 Å². The van der Waals surface area contributed by atoms with Gasteiger partial charge in [0.15, 0.2) is 0 Å². The molecule has 1 nitrogen and oxygen atoms in total. The maximum absolute atomic E-state index is 12.3. The molecule has 0 spiro atoms. The quantitative estimate of drug-likeness (QED) is 0.785. The Kier molecular flexibility index (Phi) is 2.93. The minimum absolute atomic E-state index is 0.201. The summed E-state index contributed by atoms with van der Waals surface area (Å²) in [5.41, 5.74) is 6.17. The Morgan fingerprint density at radius 3 is 2.12 bits per heavy atom. The number of hydrogen-bond donors (Lipinski definition) is 1. The topological polar surface area (TPSA) is 26.0 Å². The highest BCUT2D eigenvalue weighted by molar-refractivity contribution is 5.27. The van der Waals surface area contributed by atoms with E-state index in [-0.39, 0.29) is 6.04 Å². The highest BCUT2D eigenvalue weighted by Crippen LogP contribution is 2.35. The second-order valence-electron chi connectivity index (χ2n) is 4.39. The maximum atomic E-state index is 12.3. The van der Waals surface area contributed by atoms with E-state index in [1.807, 2.05) is 0 Å². The molecule has 1 aromatic carbocycles. The van der Waals surface area contributed by atoms with Crippen LogP contribution < -0.4 is 5.73 Å². The van der Waals surface area contributed by atoms with E-state index in [2.05, 4.69) is 0 Å². The van der Waals surface area contributed by atoms with Gasteiger partial charge in [-0.1, -0.05) is 12.1 Å². The highest BCUT2D eigenvalue weighted by Gasteiger charge is 2.30. The lowest BCUT2D eigenvalue weighted by molar-refractivity contribution is -0.137. The largest absolute Gasteiger partial charge is 0.416 e. The molecular weight excluding hydrogens is 215 g/mol. The standard InChI is InChI=1S/C12H14F3N/c13-12(14,15)10-4-1-8(2-5-10)9-3-6-11(16)7-9/h1-2,4-5,9,11H,3,6-7,16H2. The van der Waals surface area contributed by atoms with Crippen molar-refractivity contribution in [3.8, 4) is 0 Å². The predicted octanol–water partition coefficient (Wildman–Crippen LogP) is 3.30. The van der Waals surface area contributed by atoms with Gasteiger partial charge in [-0.05, 0) is 42.9 Å². The van der Waals surface area contributed by atoms with E-state index < -0.39 is 11.7 Å². The molecule has 0 aliphatic heterocycles. The first-order chi connectivity index (χ1) is 7.47. The van der Waals surface area contributed by atoms with Crippen LogP contribution in [0.1, 0.15) is 36.3 Å². The van der Waals surface area contributed by atoms with E-state index in [0.29, 0.717) is 5.92 Å². The van der Waals surface area contributed by atoms with Crippen LogP contribution in [0.25, 0.3) is 0 Å². The minimum atomic E-state index is -4.25. The third-order valence-electron chi connectivity index (χ3n) is 3.18. The molecule has 4 heteroatoms. The highest BCUT2D eigenvalue weighted by atomic mass is 19.4. The van der Waals surface area contributed by atoms with Crippen molar-refractivity contribution in [2.24, 2.45) is 5.73 Å². The van der Waals surface area contributed by atoms with E-state index in [1.165, 1.54) is 0 Å². The predicted molar refractivity (Wildman–Crippen MR) is 56.0 cm³/mol. The smallest absolute Gasteiger partial charge is 0.328 e. The molecule has 0 heterocycles. The molecule has 2 rings (SSSR count). The van der Waals surface area contributed by atoms with Gasteiger partial charge in [0.25, 0.3) is 0 Å². The van der Waals surface area contributed by atoms with Crippen LogP contribution in [0.15, 0.2) is 24.3 Å². The van der Waals surface area contributed by atoms with Gasteiger partial charge in [0, 0.05) is 6.04 Å². The van der Waals surface area contributed by atoms with Gasteiger partial charge in [0.05, 0.1) is 5.56 Å².